The summed E-state index contributed by atoms with van der Waals surface area (Å²) in [7, 11) is 1.82. The maximum absolute atomic E-state index is 9.88. The van der Waals surface area contributed by atoms with Gasteiger partial charge in [-0.1, -0.05) is 24.3 Å². The molecule has 1 saturated carbocycles. The summed E-state index contributed by atoms with van der Waals surface area (Å²) in [6.07, 6.45) is 1.63. The van der Waals surface area contributed by atoms with Gasteiger partial charge in [0.25, 0.3) is 0 Å². The Morgan fingerprint density at radius 3 is 2.75 bits per heavy atom. The van der Waals surface area contributed by atoms with E-state index in [4.69, 9.17) is 0 Å². The number of rotatable bonds is 5. The lowest BCUT2D eigenvalue weighted by Gasteiger charge is -2.16. The molecule has 2 rings (SSSR count). The number of nitrogens with one attached hydrogen (secondary N) is 1. The highest BCUT2D eigenvalue weighted by atomic mass is 16.3. The van der Waals surface area contributed by atoms with Crippen LogP contribution in [0.2, 0.25) is 0 Å². The van der Waals surface area contributed by atoms with Crippen molar-refractivity contribution < 1.29 is 10.2 Å². The van der Waals surface area contributed by atoms with Gasteiger partial charge in [0, 0.05) is 12.0 Å². The van der Waals surface area contributed by atoms with Crippen molar-refractivity contribution >= 4 is 0 Å². The van der Waals surface area contributed by atoms with Crippen molar-refractivity contribution in [3.63, 3.8) is 0 Å². The molecule has 1 aromatic carbocycles. The van der Waals surface area contributed by atoms with Gasteiger partial charge in [0.15, 0.2) is 0 Å². The molecule has 3 heteroatoms. The standard InChI is InChI=1S/C13H19NO2/c1-14-8-12(16)10-3-2-4-11(7-10)13(9-15)5-6-13/h2-4,7,12,14-16H,5-6,8-9H2,1H3. The van der Waals surface area contributed by atoms with Crippen LogP contribution in [0, 0.1) is 0 Å². The lowest BCUT2D eigenvalue weighted by molar-refractivity contribution is 0.177. The topological polar surface area (TPSA) is 52.5 Å². The smallest absolute Gasteiger partial charge is 0.0914 e. The average molecular weight is 221 g/mol. The molecule has 16 heavy (non-hydrogen) atoms. The molecule has 1 aromatic rings. The van der Waals surface area contributed by atoms with E-state index >= 15 is 0 Å². The van der Waals surface area contributed by atoms with Crippen LogP contribution >= 0.6 is 0 Å². The molecular formula is C13H19NO2. The van der Waals surface area contributed by atoms with Gasteiger partial charge in [0.05, 0.1) is 12.7 Å². The van der Waals surface area contributed by atoms with Gasteiger partial charge in [0.2, 0.25) is 0 Å². The molecule has 1 atom stereocenters. The normalized spacial score (nSPS) is 19.4. The maximum atomic E-state index is 9.88. The highest BCUT2D eigenvalue weighted by Crippen LogP contribution is 2.47. The SMILES string of the molecule is CNCC(O)c1cccc(C2(CO)CC2)c1. The molecule has 1 aliphatic rings. The second kappa shape index (κ2) is 4.53. The number of hydrogen-bond donors (Lipinski definition) is 3. The molecule has 0 radical (unpaired) electrons. The maximum Gasteiger partial charge on any atom is 0.0914 e. The summed E-state index contributed by atoms with van der Waals surface area (Å²) in [5, 5.41) is 22.2. The molecule has 0 heterocycles. The van der Waals surface area contributed by atoms with Crippen LogP contribution in [0.25, 0.3) is 0 Å². The van der Waals surface area contributed by atoms with E-state index in [-0.39, 0.29) is 12.0 Å². The van der Waals surface area contributed by atoms with E-state index in [0.717, 1.165) is 24.0 Å². The first-order valence-electron chi connectivity index (χ1n) is 5.76. The van der Waals surface area contributed by atoms with Crippen molar-refractivity contribution in [1.82, 2.24) is 5.32 Å². The number of aliphatic hydroxyl groups excluding tert-OH is 2. The van der Waals surface area contributed by atoms with E-state index in [1.807, 2.05) is 31.3 Å². The monoisotopic (exact) mass is 221 g/mol. The third-order valence-electron chi connectivity index (χ3n) is 3.44. The number of aliphatic hydroxyl groups is 2. The van der Waals surface area contributed by atoms with Gasteiger partial charge >= 0.3 is 0 Å². The van der Waals surface area contributed by atoms with Crippen molar-refractivity contribution in [3.8, 4) is 0 Å². The summed E-state index contributed by atoms with van der Waals surface area (Å²) >= 11 is 0. The van der Waals surface area contributed by atoms with Gasteiger partial charge in [-0.25, -0.2) is 0 Å². The second-order valence-corrected chi connectivity index (χ2v) is 4.64. The van der Waals surface area contributed by atoms with Gasteiger partial charge < -0.3 is 15.5 Å². The molecule has 0 spiro atoms. The molecule has 0 bridgehead atoms. The van der Waals surface area contributed by atoms with Crippen molar-refractivity contribution in [2.45, 2.75) is 24.4 Å². The molecule has 88 valence electrons. The van der Waals surface area contributed by atoms with Gasteiger partial charge in [-0.2, -0.15) is 0 Å². The lowest BCUT2D eigenvalue weighted by atomic mass is 9.94. The van der Waals surface area contributed by atoms with Gasteiger partial charge in [-0.3, -0.25) is 0 Å². The summed E-state index contributed by atoms with van der Waals surface area (Å²) in [6, 6.07) is 7.95. The number of benzene rings is 1. The summed E-state index contributed by atoms with van der Waals surface area (Å²) in [6.45, 7) is 0.758. The van der Waals surface area contributed by atoms with Crippen LogP contribution < -0.4 is 5.32 Å². The van der Waals surface area contributed by atoms with Crippen molar-refractivity contribution in [2.24, 2.45) is 0 Å². The van der Waals surface area contributed by atoms with Gasteiger partial charge in [-0.05, 0) is 31.0 Å². The Morgan fingerprint density at radius 1 is 1.44 bits per heavy atom. The molecule has 0 aliphatic heterocycles. The summed E-state index contributed by atoms with van der Waals surface area (Å²) in [5.74, 6) is 0. The minimum atomic E-state index is -0.473. The first kappa shape index (κ1) is 11.6. The summed E-state index contributed by atoms with van der Waals surface area (Å²) in [5.41, 5.74) is 2.06. The van der Waals surface area contributed by atoms with Gasteiger partial charge in [-0.15, -0.1) is 0 Å². The van der Waals surface area contributed by atoms with Crippen LogP contribution in [0.4, 0.5) is 0 Å². The number of hydrogen-bond acceptors (Lipinski definition) is 3. The minimum Gasteiger partial charge on any atom is -0.395 e. The zero-order valence-corrected chi connectivity index (χ0v) is 9.61. The largest absolute Gasteiger partial charge is 0.395 e. The third kappa shape index (κ3) is 2.12. The zero-order chi connectivity index (χ0) is 11.6. The Labute approximate surface area is 96.1 Å². The van der Waals surface area contributed by atoms with Gasteiger partial charge in [0.1, 0.15) is 0 Å². The van der Waals surface area contributed by atoms with Crippen molar-refractivity contribution in [2.75, 3.05) is 20.2 Å². The van der Waals surface area contributed by atoms with E-state index in [1.165, 1.54) is 0 Å². The van der Waals surface area contributed by atoms with E-state index in [9.17, 15) is 10.2 Å². The van der Waals surface area contributed by atoms with E-state index < -0.39 is 6.10 Å². The highest BCUT2D eigenvalue weighted by molar-refractivity contribution is 5.35. The predicted molar refractivity (Wildman–Crippen MR) is 63.3 cm³/mol. The van der Waals surface area contributed by atoms with Crippen LogP contribution in [-0.2, 0) is 5.41 Å². The molecule has 0 aromatic heterocycles. The summed E-state index contributed by atoms with van der Waals surface area (Å²) < 4.78 is 0. The first-order chi connectivity index (χ1) is 7.72. The third-order valence-corrected chi connectivity index (χ3v) is 3.44. The van der Waals surface area contributed by atoms with Crippen LogP contribution in [0.3, 0.4) is 0 Å². The van der Waals surface area contributed by atoms with Crippen molar-refractivity contribution in [1.29, 1.82) is 0 Å². The van der Waals surface area contributed by atoms with E-state index in [2.05, 4.69) is 5.32 Å². The Kier molecular flexibility index (Phi) is 3.28. The molecule has 0 amide bonds. The molecular weight excluding hydrogens is 202 g/mol. The molecule has 1 fully saturated rings. The van der Waals surface area contributed by atoms with Crippen LogP contribution in [0.15, 0.2) is 24.3 Å². The lowest BCUT2D eigenvalue weighted by Crippen LogP contribution is -2.18. The van der Waals surface area contributed by atoms with Crippen molar-refractivity contribution in [3.05, 3.63) is 35.4 Å². The first-order valence-corrected chi connectivity index (χ1v) is 5.76. The fraction of sp³-hybridized carbons (Fsp3) is 0.538. The highest BCUT2D eigenvalue weighted by Gasteiger charge is 2.43. The molecule has 0 saturated heterocycles. The molecule has 1 unspecified atom stereocenters. The summed E-state index contributed by atoms with van der Waals surface area (Å²) in [4.78, 5) is 0. The fourth-order valence-electron chi connectivity index (χ4n) is 2.08. The van der Waals surface area contributed by atoms with Crippen LogP contribution in [0.1, 0.15) is 30.1 Å². The molecule has 1 aliphatic carbocycles. The van der Waals surface area contributed by atoms with E-state index in [1.54, 1.807) is 0 Å². The predicted octanol–water partition coefficient (Wildman–Crippen LogP) is 0.963. The Hall–Kier alpha value is -0.900. The average Bonchev–Trinajstić information content (AvgIpc) is 3.10. The Bertz CT molecular complexity index is 361. The van der Waals surface area contributed by atoms with Crippen LogP contribution in [0.5, 0.6) is 0 Å². The fourth-order valence-corrected chi connectivity index (χ4v) is 2.08. The van der Waals surface area contributed by atoms with Crippen LogP contribution in [-0.4, -0.2) is 30.4 Å². The van der Waals surface area contributed by atoms with E-state index in [0.29, 0.717) is 6.54 Å². The number of likely N-dealkylation sites (N-methyl/N-ethyl adjacent to an activating group) is 1. The Morgan fingerprint density at radius 2 is 2.19 bits per heavy atom. The Balaban J connectivity index is 2.20. The second-order valence-electron chi connectivity index (χ2n) is 4.64. The molecule has 3 nitrogen and oxygen atoms in total. The quantitative estimate of drug-likeness (QED) is 0.694. The molecule has 3 N–H and O–H groups in total. The zero-order valence-electron chi connectivity index (χ0n) is 9.61. The minimum absolute atomic E-state index is 0.0185.